The number of aliphatic hydroxyl groups is 1. The highest BCUT2D eigenvalue weighted by Gasteiger charge is 1.96. The number of rotatable bonds is 5. The molecule has 2 N–H and O–H groups in total. The monoisotopic (exact) mass is 169 g/mol. The van der Waals surface area contributed by atoms with E-state index in [9.17, 15) is 0 Å². The van der Waals surface area contributed by atoms with Crippen LogP contribution in [-0.4, -0.2) is 33.9 Å². The lowest BCUT2D eigenvalue weighted by atomic mass is 10.3. The van der Waals surface area contributed by atoms with Gasteiger partial charge in [-0.15, -0.1) is 0 Å². The van der Waals surface area contributed by atoms with Crippen molar-refractivity contribution in [2.24, 2.45) is 0 Å². The second kappa shape index (κ2) is 4.90. The molecule has 1 heterocycles. The maximum absolute atomic E-state index is 8.71. The van der Waals surface area contributed by atoms with Crippen LogP contribution in [-0.2, 0) is 6.54 Å². The second-order valence-corrected chi connectivity index (χ2v) is 2.84. The zero-order chi connectivity index (χ0) is 8.81. The van der Waals surface area contributed by atoms with E-state index in [1.807, 2.05) is 17.7 Å². The molecule has 0 fully saturated rings. The molecule has 4 nitrogen and oxygen atoms in total. The normalized spacial score (nSPS) is 13.2. The highest BCUT2D eigenvalue weighted by molar-refractivity contribution is 4.74. The Morgan fingerprint density at radius 1 is 1.67 bits per heavy atom. The molecular weight excluding hydrogens is 154 g/mol. The molecule has 68 valence electrons. The van der Waals surface area contributed by atoms with E-state index < -0.39 is 0 Å². The van der Waals surface area contributed by atoms with Gasteiger partial charge in [-0.25, -0.2) is 4.98 Å². The van der Waals surface area contributed by atoms with Crippen molar-refractivity contribution < 1.29 is 5.11 Å². The van der Waals surface area contributed by atoms with Gasteiger partial charge in [0.05, 0.1) is 12.9 Å². The summed E-state index contributed by atoms with van der Waals surface area (Å²) in [5.74, 6) is 0. The lowest BCUT2D eigenvalue weighted by Crippen LogP contribution is -2.31. The number of imidazole rings is 1. The average Bonchev–Trinajstić information content (AvgIpc) is 2.57. The van der Waals surface area contributed by atoms with Crippen molar-refractivity contribution in [3.63, 3.8) is 0 Å². The van der Waals surface area contributed by atoms with Gasteiger partial charge in [-0.3, -0.25) is 0 Å². The molecule has 0 aromatic carbocycles. The first-order valence-electron chi connectivity index (χ1n) is 4.13. The van der Waals surface area contributed by atoms with Crippen LogP contribution in [0.5, 0.6) is 0 Å². The quantitative estimate of drug-likeness (QED) is 0.644. The molecule has 4 heteroatoms. The van der Waals surface area contributed by atoms with E-state index >= 15 is 0 Å². The van der Waals surface area contributed by atoms with E-state index in [-0.39, 0.29) is 12.6 Å². The van der Waals surface area contributed by atoms with Crippen LogP contribution in [0, 0.1) is 0 Å². The molecule has 0 spiro atoms. The van der Waals surface area contributed by atoms with E-state index in [1.54, 1.807) is 12.5 Å². The molecule has 1 atom stereocenters. The highest BCUT2D eigenvalue weighted by atomic mass is 16.3. The van der Waals surface area contributed by atoms with E-state index in [4.69, 9.17) is 5.11 Å². The Morgan fingerprint density at radius 3 is 3.08 bits per heavy atom. The summed E-state index contributed by atoms with van der Waals surface area (Å²) in [6.07, 6.45) is 5.46. The third kappa shape index (κ3) is 3.02. The lowest BCUT2D eigenvalue weighted by molar-refractivity contribution is 0.251. The zero-order valence-corrected chi connectivity index (χ0v) is 7.27. The summed E-state index contributed by atoms with van der Waals surface area (Å²) in [6, 6.07) is 0.175. The summed E-state index contributed by atoms with van der Waals surface area (Å²) in [5, 5.41) is 11.9. The van der Waals surface area contributed by atoms with Crippen LogP contribution in [0.1, 0.15) is 6.92 Å². The number of nitrogens with zero attached hydrogens (tertiary/aromatic N) is 2. The summed E-state index contributed by atoms with van der Waals surface area (Å²) in [6.45, 7) is 3.89. The van der Waals surface area contributed by atoms with Gasteiger partial charge in [0.15, 0.2) is 0 Å². The van der Waals surface area contributed by atoms with Crippen molar-refractivity contribution in [2.75, 3.05) is 13.2 Å². The van der Waals surface area contributed by atoms with Crippen LogP contribution in [0.25, 0.3) is 0 Å². The maximum Gasteiger partial charge on any atom is 0.0946 e. The standard InChI is InChI=1S/C8H15N3O/c1-8(6-12)10-3-5-11-4-2-9-7-11/h2,4,7-8,10,12H,3,5-6H2,1H3. The predicted molar refractivity (Wildman–Crippen MR) is 46.8 cm³/mol. The molecule has 1 rings (SSSR count). The van der Waals surface area contributed by atoms with Crippen LogP contribution in [0.4, 0.5) is 0 Å². The van der Waals surface area contributed by atoms with Gasteiger partial charge in [0, 0.05) is 31.5 Å². The first-order chi connectivity index (χ1) is 5.83. The van der Waals surface area contributed by atoms with Crippen LogP contribution >= 0.6 is 0 Å². The van der Waals surface area contributed by atoms with Gasteiger partial charge in [0.2, 0.25) is 0 Å². The van der Waals surface area contributed by atoms with Crippen LogP contribution in [0.3, 0.4) is 0 Å². The minimum Gasteiger partial charge on any atom is -0.395 e. The average molecular weight is 169 g/mol. The van der Waals surface area contributed by atoms with Crippen LogP contribution < -0.4 is 5.32 Å². The first kappa shape index (κ1) is 9.22. The molecule has 0 aliphatic carbocycles. The van der Waals surface area contributed by atoms with E-state index in [2.05, 4.69) is 10.3 Å². The Kier molecular flexibility index (Phi) is 3.76. The molecule has 0 aliphatic heterocycles. The van der Waals surface area contributed by atoms with Crippen LogP contribution in [0.2, 0.25) is 0 Å². The molecule has 12 heavy (non-hydrogen) atoms. The van der Waals surface area contributed by atoms with Crippen molar-refractivity contribution >= 4 is 0 Å². The SMILES string of the molecule is CC(CO)NCCn1ccnc1. The van der Waals surface area contributed by atoms with E-state index in [0.717, 1.165) is 13.1 Å². The van der Waals surface area contributed by atoms with E-state index in [1.165, 1.54) is 0 Å². The Morgan fingerprint density at radius 2 is 2.50 bits per heavy atom. The molecule has 0 saturated carbocycles. The summed E-state index contributed by atoms with van der Waals surface area (Å²) in [7, 11) is 0. The Balaban J connectivity index is 2.11. The topological polar surface area (TPSA) is 50.1 Å². The molecule has 1 aromatic heterocycles. The van der Waals surface area contributed by atoms with Gasteiger partial charge in [-0.05, 0) is 6.92 Å². The number of hydrogen-bond donors (Lipinski definition) is 2. The number of nitrogens with one attached hydrogen (secondary N) is 1. The summed E-state index contributed by atoms with van der Waals surface area (Å²) >= 11 is 0. The summed E-state index contributed by atoms with van der Waals surface area (Å²) in [5.41, 5.74) is 0. The molecule has 0 bridgehead atoms. The molecule has 1 unspecified atom stereocenters. The lowest BCUT2D eigenvalue weighted by Gasteiger charge is -2.10. The minimum atomic E-state index is 0.175. The van der Waals surface area contributed by atoms with Crippen LogP contribution in [0.15, 0.2) is 18.7 Å². The highest BCUT2D eigenvalue weighted by Crippen LogP contribution is 1.84. The fourth-order valence-electron chi connectivity index (χ4n) is 0.924. The zero-order valence-electron chi connectivity index (χ0n) is 7.27. The van der Waals surface area contributed by atoms with Crippen molar-refractivity contribution in [3.05, 3.63) is 18.7 Å². The van der Waals surface area contributed by atoms with Crippen molar-refractivity contribution in [2.45, 2.75) is 19.5 Å². The summed E-state index contributed by atoms with van der Waals surface area (Å²) < 4.78 is 2.00. The molecule has 1 aromatic rings. The third-order valence-corrected chi connectivity index (χ3v) is 1.70. The third-order valence-electron chi connectivity index (χ3n) is 1.70. The Bertz CT molecular complexity index is 198. The van der Waals surface area contributed by atoms with Gasteiger partial charge >= 0.3 is 0 Å². The van der Waals surface area contributed by atoms with E-state index in [0.29, 0.717) is 0 Å². The van der Waals surface area contributed by atoms with Gasteiger partial charge < -0.3 is 15.0 Å². The minimum absolute atomic E-state index is 0.175. The van der Waals surface area contributed by atoms with Gasteiger partial charge in [-0.1, -0.05) is 0 Å². The number of hydrogen-bond acceptors (Lipinski definition) is 3. The van der Waals surface area contributed by atoms with Gasteiger partial charge in [0.1, 0.15) is 0 Å². The molecule has 0 aliphatic rings. The van der Waals surface area contributed by atoms with Crippen molar-refractivity contribution in [1.29, 1.82) is 0 Å². The molecule has 0 radical (unpaired) electrons. The van der Waals surface area contributed by atoms with Crippen molar-refractivity contribution in [1.82, 2.24) is 14.9 Å². The largest absolute Gasteiger partial charge is 0.395 e. The number of aliphatic hydroxyl groups excluding tert-OH is 1. The molecular formula is C8H15N3O. The second-order valence-electron chi connectivity index (χ2n) is 2.84. The molecule has 0 saturated heterocycles. The van der Waals surface area contributed by atoms with Gasteiger partial charge in [0.25, 0.3) is 0 Å². The fraction of sp³-hybridized carbons (Fsp3) is 0.625. The van der Waals surface area contributed by atoms with Gasteiger partial charge in [-0.2, -0.15) is 0 Å². The maximum atomic E-state index is 8.71. The Labute approximate surface area is 72.2 Å². The molecule has 0 amide bonds. The van der Waals surface area contributed by atoms with Crippen molar-refractivity contribution in [3.8, 4) is 0 Å². The summed E-state index contributed by atoms with van der Waals surface area (Å²) in [4.78, 5) is 3.93. The smallest absolute Gasteiger partial charge is 0.0946 e. The number of aromatic nitrogens is 2. The fourth-order valence-corrected chi connectivity index (χ4v) is 0.924. The Hall–Kier alpha value is -0.870. The first-order valence-corrected chi connectivity index (χ1v) is 4.13. The predicted octanol–water partition coefficient (Wildman–Crippen LogP) is -0.147.